The zero-order valence-corrected chi connectivity index (χ0v) is 16.2. The summed E-state index contributed by atoms with van der Waals surface area (Å²) in [7, 11) is 0. The van der Waals surface area contributed by atoms with Crippen LogP contribution >= 0.6 is 0 Å². The molecule has 3 aromatic rings. The van der Waals surface area contributed by atoms with E-state index in [1.807, 2.05) is 30.3 Å². The average Bonchev–Trinajstić information content (AvgIpc) is 3.17. The van der Waals surface area contributed by atoms with Gasteiger partial charge < -0.3 is 27.9 Å². The number of para-hydroxylation sites is 1. The third kappa shape index (κ3) is 3.51. The van der Waals surface area contributed by atoms with Crippen molar-refractivity contribution in [3.05, 3.63) is 53.5 Å². The number of rotatable bonds is 4. The van der Waals surface area contributed by atoms with Gasteiger partial charge in [0.15, 0.2) is 0 Å². The molecule has 1 heterocycles. The van der Waals surface area contributed by atoms with Crippen LogP contribution in [0.5, 0.6) is 0 Å². The molecule has 29 heavy (non-hydrogen) atoms. The van der Waals surface area contributed by atoms with Gasteiger partial charge in [-0.15, -0.1) is 0 Å². The lowest BCUT2D eigenvalue weighted by Gasteiger charge is -2.18. The van der Waals surface area contributed by atoms with Crippen molar-refractivity contribution in [2.24, 2.45) is 17.2 Å². The van der Waals surface area contributed by atoms with Gasteiger partial charge in [0.25, 0.3) is 5.91 Å². The molecule has 9 N–H and O–H groups in total. The van der Waals surface area contributed by atoms with E-state index in [0.717, 1.165) is 28.0 Å². The number of nitrogens with two attached hydrogens (primary N) is 4. The van der Waals surface area contributed by atoms with Crippen LogP contribution < -0.4 is 22.9 Å². The van der Waals surface area contributed by atoms with Gasteiger partial charge in [0, 0.05) is 22.7 Å². The van der Waals surface area contributed by atoms with E-state index in [0.29, 0.717) is 17.2 Å². The zero-order chi connectivity index (χ0) is 20.5. The second kappa shape index (κ2) is 7.50. The molecule has 2 aromatic carbocycles. The fourth-order valence-electron chi connectivity index (χ4n) is 4.10. The van der Waals surface area contributed by atoms with Crippen LogP contribution in [-0.2, 0) is 4.79 Å². The van der Waals surface area contributed by atoms with Crippen molar-refractivity contribution in [2.75, 3.05) is 5.73 Å². The first-order valence-electron chi connectivity index (χ1n) is 9.89. The number of nitrogen functional groups attached to an aromatic ring is 1. The predicted octanol–water partition coefficient (Wildman–Crippen LogP) is 2.93. The van der Waals surface area contributed by atoms with Gasteiger partial charge in [-0.25, -0.2) is 4.98 Å². The second-order valence-electron chi connectivity index (χ2n) is 7.65. The molecule has 1 fully saturated rings. The number of aromatic nitrogens is 2. The summed E-state index contributed by atoms with van der Waals surface area (Å²) in [4.78, 5) is 19.7. The number of hydrogen-bond donors (Lipinski definition) is 5. The second-order valence-corrected chi connectivity index (χ2v) is 7.65. The first-order valence-corrected chi connectivity index (χ1v) is 9.89. The van der Waals surface area contributed by atoms with Crippen LogP contribution in [0, 0.1) is 0 Å². The van der Waals surface area contributed by atoms with Crippen LogP contribution in [0.4, 0.5) is 5.69 Å². The number of aromatic amines is 1. The molecule has 1 aromatic heterocycles. The summed E-state index contributed by atoms with van der Waals surface area (Å²) in [5.74, 6) is 0.802. The minimum absolute atomic E-state index is 0.0825. The Morgan fingerprint density at radius 3 is 2.52 bits per heavy atom. The highest BCUT2D eigenvalue weighted by Crippen LogP contribution is 2.35. The normalized spacial score (nSPS) is 16.0. The Labute approximate surface area is 169 Å². The van der Waals surface area contributed by atoms with E-state index < -0.39 is 5.91 Å². The number of nitrogens with zero attached hydrogens (tertiary/aromatic N) is 1. The number of fused-ring (bicyclic) bond motifs is 1. The Balaban J connectivity index is 1.74. The van der Waals surface area contributed by atoms with E-state index >= 15 is 0 Å². The maximum absolute atomic E-state index is 11.4. The Hall–Kier alpha value is -3.48. The zero-order valence-electron chi connectivity index (χ0n) is 16.2. The molecule has 0 atom stereocenters. The van der Waals surface area contributed by atoms with Gasteiger partial charge in [-0.05, 0) is 30.5 Å². The van der Waals surface area contributed by atoms with Crippen molar-refractivity contribution in [1.29, 1.82) is 0 Å². The lowest BCUT2D eigenvalue weighted by Crippen LogP contribution is -2.24. The minimum atomic E-state index is -0.776. The molecule has 0 unspecified atom stereocenters. The van der Waals surface area contributed by atoms with E-state index in [-0.39, 0.29) is 11.4 Å². The molecule has 150 valence electrons. The van der Waals surface area contributed by atoms with Crippen LogP contribution in [0.2, 0.25) is 0 Å². The number of benzene rings is 2. The first-order chi connectivity index (χ1) is 14.0. The fraction of sp³-hybridized carbons (Fsp3) is 0.273. The summed E-state index contributed by atoms with van der Waals surface area (Å²) < 4.78 is 0. The predicted molar refractivity (Wildman–Crippen MR) is 116 cm³/mol. The SMILES string of the molecule is NC(=O)/C(N)=C(\N)c1cccc(-c2ccc3nc(C4CCCCC4)[nH]c3c2)c1N. The summed E-state index contributed by atoms with van der Waals surface area (Å²) in [5, 5.41) is 0. The van der Waals surface area contributed by atoms with E-state index in [9.17, 15) is 4.79 Å². The molecule has 0 spiro atoms. The number of hydrogen-bond acceptors (Lipinski definition) is 5. The van der Waals surface area contributed by atoms with Crippen LogP contribution in [0.3, 0.4) is 0 Å². The molecule has 0 saturated heterocycles. The Kier molecular flexibility index (Phi) is 4.88. The van der Waals surface area contributed by atoms with E-state index in [1.165, 1.54) is 32.1 Å². The van der Waals surface area contributed by atoms with Crippen LogP contribution in [0.15, 0.2) is 42.1 Å². The molecule has 0 bridgehead atoms. The van der Waals surface area contributed by atoms with E-state index in [4.69, 9.17) is 27.9 Å². The highest BCUT2D eigenvalue weighted by molar-refractivity contribution is 6.01. The van der Waals surface area contributed by atoms with Gasteiger partial charge in [0.05, 0.1) is 16.7 Å². The third-order valence-electron chi connectivity index (χ3n) is 5.75. The molecule has 0 aliphatic heterocycles. The highest BCUT2D eigenvalue weighted by Gasteiger charge is 2.19. The standard InChI is InChI=1S/C22H26N6O/c23-18-14(7-4-8-15(18)19(24)20(25)21(26)29)13-9-10-16-17(11-13)28-22(27-16)12-5-2-1-3-6-12/h4,7-12H,1-3,5-6,23-25H2,(H2,26,29)(H,27,28)/b20-19+. The van der Waals surface area contributed by atoms with Crippen molar-refractivity contribution in [2.45, 2.75) is 38.0 Å². The Morgan fingerprint density at radius 1 is 1.03 bits per heavy atom. The lowest BCUT2D eigenvalue weighted by molar-refractivity contribution is -0.114. The van der Waals surface area contributed by atoms with Crippen molar-refractivity contribution >= 4 is 28.3 Å². The lowest BCUT2D eigenvalue weighted by atomic mass is 9.89. The number of anilines is 1. The van der Waals surface area contributed by atoms with E-state index in [2.05, 4.69) is 4.98 Å². The number of carbonyl (C=O) groups excluding carboxylic acids is 1. The number of H-pyrrole nitrogens is 1. The molecule has 1 saturated carbocycles. The van der Waals surface area contributed by atoms with Gasteiger partial charge >= 0.3 is 0 Å². The van der Waals surface area contributed by atoms with Crippen molar-refractivity contribution in [1.82, 2.24) is 9.97 Å². The molecule has 0 radical (unpaired) electrons. The highest BCUT2D eigenvalue weighted by atomic mass is 16.1. The third-order valence-corrected chi connectivity index (χ3v) is 5.75. The fourth-order valence-corrected chi connectivity index (χ4v) is 4.10. The summed E-state index contributed by atoms with van der Waals surface area (Å²) in [6.07, 6.45) is 6.22. The van der Waals surface area contributed by atoms with Gasteiger partial charge in [-0.2, -0.15) is 0 Å². The van der Waals surface area contributed by atoms with Gasteiger partial charge in [0.1, 0.15) is 11.5 Å². The summed E-state index contributed by atoms with van der Waals surface area (Å²) in [5.41, 5.74) is 27.8. The largest absolute Gasteiger partial charge is 0.398 e. The summed E-state index contributed by atoms with van der Waals surface area (Å²) in [6.45, 7) is 0. The topological polar surface area (TPSA) is 150 Å². The monoisotopic (exact) mass is 390 g/mol. The quantitative estimate of drug-likeness (QED) is 0.343. The Morgan fingerprint density at radius 2 is 1.79 bits per heavy atom. The van der Waals surface area contributed by atoms with Gasteiger partial charge in [0.2, 0.25) is 0 Å². The maximum Gasteiger partial charge on any atom is 0.266 e. The molecule has 1 aliphatic carbocycles. The maximum atomic E-state index is 11.4. The molecule has 1 amide bonds. The Bertz CT molecular complexity index is 1110. The van der Waals surface area contributed by atoms with E-state index in [1.54, 1.807) is 6.07 Å². The smallest absolute Gasteiger partial charge is 0.266 e. The number of nitrogens with one attached hydrogen (secondary N) is 1. The molecular formula is C22H26N6O. The van der Waals surface area contributed by atoms with Crippen molar-refractivity contribution in [3.63, 3.8) is 0 Å². The molecule has 4 rings (SSSR count). The molecule has 1 aliphatic rings. The summed E-state index contributed by atoms with van der Waals surface area (Å²) >= 11 is 0. The van der Waals surface area contributed by atoms with Crippen molar-refractivity contribution < 1.29 is 4.79 Å². The van der Waals surface area contributed by atoms with Gasteiger partial charge in [-0.3, -0.25) is 4.79 Å². The number of imidazole rings is 1. The average molecular weight is 390 g/mol. The van der Waals surface area contributed by atoms with Crippen molar-refractivity contribution in [3.8, 4) is 11.1 Å². The molecule has 7 heteroatoms. The van der Waals surface area contributed by atoms with Gasteiger partial charge in [-0.1, -0.05) is 43.5 Å². The number of carbonyl (C=O) groups is 1. The number of amides is 1. The van der Waals surface area contributed by atoms with Crippen LogP contribution in [0.1, 0.15) is 49.4 Å². The molecular weight excluding hydrogens is 364 g/mol. The first kappa shape index (κ1) is 18.9. The minimum Gasteiger partial charge on any atom is -0.398 e. The summed E-state index contributed by atoms with van der Waals surface area (Å²) in [6, 6.07) is 11.5. The molecule has 7 nitrogen and oxygen atoms in total. The van der Waals surface area contributed by atoms with Crippen LogP contribution in [0.25, 0.3) is 27.9 Å². The van der Waals surface area contributed by atoms with Crippen LogP contribution in [-0.4, -0.2) is 15.9 Å². The number of primary amides is 1.